The molecule has 2 nitrogen and oxygen atoms in total. The monoisotopic (exact) mass is 238 g/mol. The number of ether oxygens (including phenoxy) is 2. The molecule has 1 aromatic rings. The molecule has 3 atom stereocenters. The lowest BCUT2D eigenvalue weighted by atomic mass is 10.0. The lowest BCUT2D eigenvalue weighted by Gasteiger charge is -2.35. The van der Waals surface area contributed by atoms with Crippen LogP contribution in [0.4, 0.5) is 4.39 Å². The number of hydrogen-bond acceptors (Lipinski definition) is 2. The lowest BCUT2D eigenvalue weighted by molar-refractivity contribution is -0.246. The van der Waals surface area contributed by atoms with Gasteiger partial charge >= 0.3 is 0 Å². The van der Waals surface area contributed by atoms with Gasteiger partial charge in [-0.15, -0.1) is 0 Å². The summed E-state index contributed by atoms with van der Waals surface area (Å²) in [5, 5.41) is 0. The van der Waals surface area contributed by atoms with Gasteiger partial charge in [-0.3, -0.25) is 0 Å². The van der Waals surface area contributed by atoms with Gasteiger partial charge in [-0.25, -0.2) is 4.39 Å². The van der Waals surface area contributed by atoms with Crippen molar-refractivity contribution in [2.45, 2.75) is 51.6 Å². The van der Waals surface area contributed by atoms with E-state index in [2.05, 4.69) is 6.92 Å². The molecular formula is C14H19FO2. The van der Waals surface area contributed by atoms with E-state index in [1.54, 1.807) is 12.1 Å². The van der Waals surface area contributed by atoms with Crippen molar-refractivity contribution in [2.75, 3.05) is 0 Å². The fourth-order valence-corrected chi connectivity index (χ4v) is 2.13. The van der Waals surface area contributed by atoms with E-state index < -0.39 is 0 Å². The average molecular weight is 238 g/mol. The van der Waals surface area contributed by atoms with Crippen molar-refractivity contribution >= 4 is 0 Å². The first-order valence-corrected chi connectivity index (χ1v) is 6.29. The topological polar surface area (TPSA) is 18.5 Å². The third-order valence-electron chi connectivity index (χ3n) is 3.17. The Bertz CT molecular complexity index is 338. The number of rotatable bonds is 3. The van der Waals surface area contributed by atoms with Crippen LogP contribution < -0.4 is 0 Å². The molecule has 1 aromatic carbocycles. The number of halogens is 1. The van der Waals surface area contributed by atoms with Crippen molar-refractivity contribution in [2.24, 2.45) is 0 Å². The Balaban J connectivity index is 2.11. The molecule has 0 aromatic heterocycles. The second-order valence-corrected chi connectivity index (χ2v) is 4.42. The maximum absolute atomic E-state index is 12.9. The summed E-state index contributed by atoms with van der Waals surface area (Å²) in [7, 11) is 0. The predicted octanol–water partition coefficient (Wildman–Crippen LogP) is 3.82. The van der Waals surface area contributed by atoms with Crippen molar-refractivity contribution in [1.82, 2.24) is 0 Å². The van der Waals surface area contributed by atoms with E-state index in [0.717, 1.165) is 24.8 Å². The first-order valence-electron chi connectivity index (χ1n) is 6.29. The predicted molar refractivity (Wildman–Crippen MR) is 64.1 cm³/mol. The average Bonchev–Trinajstić information content (AvgIpc) is 2.39. The summed E-state index contributed by atoms with van der Waals surface area (Å²) in [5.41, 5.74) is 1.03. The normalized spacial score (nSPS) is 29.2. The Labute approximate surface area is 102 Å². The van der Waals surface area contributed by atoms with Gasteiger partial charge in [-0.1, -0.05) is 26.0 Å². The van der Waals surface area contributed by atoms with E-state index in [4.69, 9.17) is 9.47 Å². The minimum absolute atomic E-state index is 0.0271. The number of hydrogen-bond donors (Lipinski definition) is 0. The van der Waals surface area contributed by atoms with Gasteiger partial charge < -0.3 is 9.47 Å². The largest absolute Gasteiger partial charge is 0.349 e. The van der Waals surface area contributed by atoms with Crippen LogP contribution in [0, 0.1) is 5.82 Å². The Morgan fingerprint density at radius 2 is 1.82 bits per heavy atom. The summed E-state index contributed by atoms with van der Waals surface area (Å²) in [6.45, 7) is 4.16. The highest BCUT2D eigenvalue weighted by Gasteiger charge is 2.28. The summed E-state index contributed by atoms with van der Waals surface area (Å²) >= 11 is 0. The Morgan fingerprint density at radius 3 is 2.41 bits per heavy atom. The maximum Gasteiger partial charge on any atom is 0.158 e. The molecule has 1 saturated heterocycles. The minimum atomic E-state index is -0.208. The molecule has 3 unspecified atom stereocenters. The van der Waals surface area contributed by atoms with Crippen LogP contribution in [0.3, 0.4) is 0 Å². The molecule has 0 bridgehead atoms. The van der Waals surface area contributed by atoms with Crippen LogP contribution in [0.2, 0.25) is 0 Å². The van der Waals surface area contributed by atoms with E-state index >= 15 is 0 Å². The molecule has 0 radical (unpaired) electrons. The molecule has 0 amide bonds. The highest BCUT2D eigenvalue weighted by Crippen LogP contribution is 2.32. The van der Waals surface area contributed by atoms with Crippen molar-refractivity contribution in [3.05, 3.63) is 35.6 Å². The summed E-state index contributed by atoms with van der Waals surface area (Å²) < 4.78 is 24.5. The van der Waals surface area contributed by atoms with E-state index in [1.807, 2.05) is 6.92 Å². The number of benzene rings is 1. The molecular weight excluding hydrogens is 219 g/mol. The lowest BCUT2D eigenvalue weighted by Crippen LogP contribution is -2.33. The van der Waals surface area contributed by atoms with Gasteiger partial charge in [0, 0.05) is 6.42 Å². The third kappa shape index (κ3) is 3.05. The molecule has 1 heterocycles. The molecule has 3 heteroatoms. The van der Waals surface area contributed by atoms with Crippen LogP contribution in [0.25, 0.3) is 0 Å². The van der Waals surface area contributed by atoms with Gasteiger partial charge in [0.1, 0.15) is 5.82 Å². The van der Waals surface area contributed by atoms with Gasteiger partial charge in [0.15, 0.2) is 6.29 Å². The smallest absolute Gasteiger partial charge is 0.158 e. The second kappa shape index (κ2) is 5.61. The van der Waals surface area contributed by atoms with Crippen LogP contribution >= 0.6 is 0 Å². The van der Waals surface area contributed by atoms with E-state index in [-0.39, 0.29) is 24.3 Å². The molecule has 94 valence electrons. The Hall–Kier alpha value is -0.930. The molecule has 0 spiro atoms. The highest BCUT2D eigenvalue weighted by atomic mass is 19.1. The molecule has 1 aliphatic heterocycles. The Morgan fingerprint density at radius 1 is 1.12 bits per heavy atom. The van der Waals surface area contributed by atoms with Crippen LogP contribution in [-0.2, 0) is 9.47 Å². The fraction of sp³-hybridized carbons (Fsp3) is 0.571. The van der Waals surface area contributed by atoms with Crippen molar-refractivity contribution < 1.29 is 13.9 Å². The summed E-state index contributed by atoms with van der Waals surface area (Å²) in [6.07, 6.45) is 2.80. The first kappa shape index (κ1) is 12.5. The molecule has 1 fully saturated rings. The van der Waals surface area contributed by atoms with Crippen molar-refractivity contribution in [3.8, 4) is 0 Å². The fourth-order valence-electron chi connectivity index (χ4n) is 2.13. The SMILES string of the molecule is CCC1CC(c2ccc(F)cc2)OC(CC)O1. The highest BCUT2D eigenvalue weighted by molar-refractivity contribution is 5.19. The molecule has 0 N–H and O–H groups in total. The van der Waals surface area contributed by atoms with Gasteiger partial charge in [0.25, 0.3) is 0 Å². The van der Waals surface area contributed by atoms with Gasteiger partial charge in [-0.2, -0.15) is 0 Å². The quantitative estimate of drug-likeness (QED) is 0.797. The second-order valence-electron chi connectivity index (χ2n) is 4.42. The van der Waals surface area contributed by atoms with E-state index in [0.29, 0.717) is 0 Å². The van der Waals surface area contributed by atoms with Crippen LogP contribution in [0.15, 0.2) is 24.3 Å². The van der Waals surface area contributed by atoms with E-state index in [9.17, 15) is 4.39 Å². The van der Waals surface area contributed by atoms with Crippen LogP contribution in [0.1, 0.15) is 44.8 Å². The zero-order valence-electron chi connectivity index (χ0n) is 10.4. The zero-order valence-corrected chi connectivity index (χ0v) is 10.4. The van der Waals surface area contributed by atoms with Gasteiger partial charge in [0.05, 0.1) is 12.2 Å². The molecule has 17 heavy (non-hydrogen) atoms. The van der Waals surface area contributed by atoms with Crippen LogP contribution in [-0.4, -0.2) is 12.4 Å². The summed E-state index contributed by atoms with van der Waals surface area (Å²) in [6, 6.07) is 6.56. The molecule has 0 aliphatic carbocycles. The third-order valence-corrected chi connectivity index (χ3v) is 3.17. The summed E-state index contributed by atoms with van der Waals surface area (Å²) in [4.78, 5) is 0. The van der Waals surface area contributed by atoms with Crippen molar-refractivity contribution in [3.63, 3.8) is 0 Å². The zero-order chi connectivity index (χ0) is 12.3. The van der Waals surface area contributed by atoms with Crippen molar-refractivity contribution in [1.29, 1.82) is 0 Å². The first-order chi connectivity index (χ1) is 8.22. The molecule has 0 saturated carbocycles. The molecule has 1 aliphatic rings. The van der Waals surface area contributed by atoms with Crippen LogP contribution in [0.5, 0.6) is 0 Å². The van der Waals surface area contributed by atoms with Gasteiger partial charge in [-0.05, 0) is 30.5 Å². The van der Waals surface area contributed by atoms with Gasteiger partial charge in [0.2, 0.25) is 0 Å². The Kier molecular flexibility index (Phi) is 4.13. The maximum atomic E-state index is 12.9. The van der Waals surface area contributed by atoms with E-state index in [1.165, 1.54) is 12.1 Å². The summed E-state index contributed by atoms with van der Waals surface area (Å²) in [5.74, 6) is -0.208. The minimum Gasteiger partial charge on any atom is -0.349 e. The standard InChI is InChI=1S/C14H19FO2/c1-3-12-9-13(17-14(4-2)16-12)10-5-7-11(15)8-6-10/h5-8,12-14H,3-4,9H2,1-2H3. The molecule has 2 rings (SSSR count).